The molecule has 7 heteroatoms. The molecule has 146 valence electrons. The first-order valence-corrected chi connectivity index (χ1v) is 9.33. The molecule has 2 aromatic heterocycles. The first kappa shape index (κ1) is 18.8. The van der Waals surface area contributed by atoms with Crippen LogP contribution in [0.2, 0.25) is 5.02 Å². The van der Waals surface area contributed by atoms with E-state index in [4.69, 9.17) is 20.8 Å². The van der Waals surface area contributed by atoms with Crippen LogP contribution < -0.4 is 10.1 Å². The van der Waals surface area contributed by atoms with E-state index in [-0.39, 0.29) is 12.5 Å². The number of hydrogen-bond acceptors (Lipinski definition) is 4. The van der Waals surface area contributed by atoms with Crippen LogP contribution in [0.25, 0.3) is 16.9 Å². The maximum absolute atomic E-state index is 12.9. The highest BCUT2D eigenvalue weighted by molar-refractivity contribution is 6.30. The van der Waals surface area contributed by atoms with Gasteiger partial charge in [-0.25, -0.2) is 4.68 Å². The fourth-order valence-electron chi connectivity index (χ4n) is 2.92. The highest BCUT2D eigenvalue weighted by Crippen LogP contribution is 2.25. The number of carbonyl (C=O) groups excluding carboxylic acids is 1. The van der Waals surface area contributed by atoms with Crippen molar-refractivity contribution >= 4 is 17.5 Å². The molecule has 0 aliphatic heterocycles. The van der Waals surface area contributed by atoms with Crippen molar-refractivity contribution in [2.75, 3.05) is 7.11 Å². The predicted molar refractivity (Wildman–Crippen MR) is 110 cm³/mol. The molecule has 0 saturated heterocycles. The van der Waals surface area contributed by atoms with Gasteiger partial charge in [-0.2, -0.15) is 5.10 Å². The van der Waals surface area contributed by atoms with Gasteiger partial charge in [0.15, 0.2) is 0 Å². The summed E-state index contributed by atoms with van der Waals surface area (Å²) < 4.78 is 12.2. The summed E-state index contributed by atoms with van der Waals surface area (Å²) in [7, 11) is 1.61. The summed E-state index contributed by atoms with van der Waals surface area (Å²) in [5, 5.41) is 8.13. The Balaban J connectivity index is 1.71. The number of aromatic nitrogens is 2. The molecule has 0 aliphatic carbocycles. The minimum absolute atomic E-state index is 0.266. The Hall–Kier alpha value is -3.51. The van der Waals surface area contributed by atoms with Crippen molar-refractivity contribution in [3.8, 4) is 22.7 Å². The van der Waals surface area contributed by atoms with E-state index in [1.165, 1.54) is 0 Å². The van der Waals surface area contributed by atoms with E-state index in [2.05, 4.69) is 10.4 Å². The third-order valence-electron chi connectivity index (χ3n) is 4.38. The van der Waals surface area contributed by atoms with Crippen molar-refractivity contribution in [3.63, 3.8) is 0 Å². The van der Waals surface area contributed by atoms with Crippen molar-refractivity contribution in [2.24, 2.45) is 0 Å². The molecule has 2 heterocycles. The Bertz CT molecular complexity index is 1120. The number of rotatable bonds is 6. The van der Waals surface area contributed by atoms with E-state index in [1.807, 2.05) is 36.4 Å². The molecule has 0 unspecified atom stereocenters. The molecule has 0 bridgehead atoms. The Morgan fingerprint density at radius 1 is 1.14 bits per heavy atom. The third-order valence-corrected chi connectivity index (χ3v) is 4.63. The molecule has 0 spiro atoms. The molecule has 0 aliphatic rings. The number of carbonyl (C=O) groups is 1. The molecule has 0 saturated carbocycles. The van der Waals surface area contributed by atoms with E-state index in [9.17, 15) is 4.79 Å². The van der Waals surface area contributed by atoms with E-state index in [1.54, 1.807) is 48.4 Å². The summed E-state index contributed by atoms with van der Waals surface area (Å²) in [4.78, 5) is 12.9. The Morgan fingerprint density at radius 2 is 1.97 bits per heavy atom. The first-order valence-electron chi connectivity index (χ1n) is 8.95. The average molecular weight is 408 g/mol. The average Bonchev–Trinajstić information content (AvgIpc) is 3.43. The smallest absolute Gasteiger partial charge is 0.270 e. The van der Waals surface area contributed by atoms with E-state index >= 15 is 0 Å². The number of nitrogens with one attached hydrogen (secondary N) is 1. The lowest BCUT2D eigenvalue weighted by Gasteiger charge is -2.08. The topological polar surface area (TPSA) is 69.3 Å². The zero-order chi connectivity index (χ0) is 20.2. The molecular weight excluding hydrogens is 390 g/mol. The lowest BCUT2D eigenvalue weighted by Crippen LogP contribution is -2.25. The maximum Gasteiger partial charge on any atom is 0.270 e. The highest BCUT2D eigenvalue weighted by atomic mass is 35.5. The molecule has 4 rings (SSSR count). The zero-order valence-corrected chi connectivity index (χ0v) is 16.4. The van der Waals surface area contributed by atoms with Crippen LogP contribution in [0, 0.1) is 0 Å². The molecule has 0 radical (unpaired) electrons. The van der Waals surface area contributed by atoms with Crippen molar-refractivity contribution in [1.29, 1.82) is 0 Å². The maximum atomic E-state index is 12.9. The van der Waals surface area contributed by atoms with Gasteiger partial charge >= 0.3 is 0 Å². The van der Waals surface area contributed by atoms with Crippen molar-refractivity contribution < 1.29 is 13.9 Å². The minimum Gasteiger partial charge on any atom is -0.497 e. The second kappa shape index (κ2) is 8.24. The van der Waals surface area contributed by atoms with E-state index < -0.39 is 0 Å². The van der Waals surface area contributed by atoms with Gasteiger partial charge in [0.25, 0.3) is 5.91 Å². The number of hydrogen-bond donors (Lipinski definition) is 1. The van der Waals surface area contributed by atoms with Crippen LogP contribution in [0.5, 0.6) is 5.75 Å². The molecule has 1 N–H and O–H groups in total. The molecule has 2 aromatic carbocycles. The SMILES string of the molecule is COc1cccc(-c2cc(C(=O)NCc3ccco3)n(-c3ccc(Cl)cc3)n2)c1. The van der Waals surface area contributed by atoms with Gasteiger partial charge in [-0.15, -0.1) is 0 Å². The van der Waals surface area contributed by atoms with Gasteiger partial charge in [-0.1, -0.05) is 23.7 Å². The number of ether oxygens (including phenoxy) is 1. The van der Waals surface area contributed by atoms with E-state index in [0.29, 0.717) is 27.9 Å². The largest absolute Gasteiger partial charge is 0.497 e. The Morgan fingerprint density at radius 3 is 2.69 bits per heavy atom. The molecule has 1 amide bonds. The van der Waals surface area contributed by atoms with Gasteiger partial charge in [-0.3, -0.25) is 4.79 Å². The lowest BCUT2D eigenvalue weighted by atomic mass is 10.1. The Kier molecular flexibility index (Phi) is 5.35. The second-order valence-corrected chi connectivity index (χ2v) is 6.73. The first-order chi connectivity index (χ1) is 14.1. The molecule has 29 heavy (non-hydrogen) atoms. The zero-order valence-electron chi connectivity index (χ0n) is 15.6. The standard InChI is InChI=1S/C22H18ClN3O3/c1-28-18-5-2-4-15(12-18)20-13-21(22(27)24-14-19-6-3-11-29-19)26(25-20)17-9-7-16(23)8-10-17/h2-13H,14H2,1H3,(H,24,27). The van der Waals surface area contributed by atoms with Gasteiger partial charge < -0.3 is 14.5 Å². The van der Waals surface area contributed by atoms with Crippen LogP contribution in [-0.4, -0.2) is 22.8 Å². The summed E-state index contributed by atoms with van der Waals surface area (Å²) in [6.45, 7) is 0.284. The molecule has 0 atom stereocenters. The summed E-state index contributed by atoms with van der Waals surface area (Å²) in [6.07, 6.45) is 1.57. The van der Waals surface area contributed by atoms with Crippen molar-refractivity contribution in [3.05, 3.63) is 89.5 Å². The highest BCUT2D eigenvalue weighted by Gasteiger charge is 2.18. The predicted octanol–water partition coefficient (Wildman–Crippen LogP) is 4.72. The van der Waals surface area contributed by atoms with Crippen LogP contribution in [0.4, 0.5) is 0 Å². The molecule has 4 aromatic rings. The number of furan rings is 1. The van der Waals surface area contributed by atoms with Crippen LogP contribution in [0.3, 0.4) is 0 Å². The molecular formula is C22H18ClN3O3. The normalized spacial score (nSPS) is 10.7. The quantitative estimate of drug-likeness (QED) is 0.502. The van der Waals surface area contributed by atoms with Crippen molar-refractivity contribution in [2.45, 2.75) is 6.54 Å². The van der Waals surface area contributed by atoms with Crippen molar-refractivity contribution in [1.82, 2.24) is 15.1 Å². The summed E-state index contributed by atoms with van der Waals surface area (Å²) in [6, 6.07) is 20.0. The number of benzene rings is 2. The van der Waals surface area contributed by atoms with E-state index in [0.717, 1.165) is 11.3 Å². The summed E-state index contributed by atoms with van der Waals surface area (Å²) >= 11 is 6.01. The van der Waals surface area contributed by atoms with Crippen LogP contribution in [0.1, 0.15) is 16.2 Å². The van der Waals surface area contributed by atoms with Gasteiger partial charge in [0.05, 0.1) is 31.3 Å². The summed E-state index contributed by atoms with van der Waals surface area (Å²) in [5.74, 6) is 1.12. The molecule has 6 nitrogen and oxygen atoms in total. The monoisotopic (exact) mass is 407 g/mol. The van der Waals surface area contributed by atoms with Gasteiger partial charge in [0.2, 0.25) is 0 Å². The number of nitrogens with zero attached hydrogens (tertiary/aromatic N) is 2. The fourth-order valence-corrected chi connectivity index (χ4v) is 3.04. The van der Waals surface area contributed by atoms with Gasteiger partial charge in [0.1, 0.15) is 17.2 Å². The third kappa shape index (κ3) is 4.17. The van der Waals surface area contributed by atoms with Gasteiger partial charge in [0, 0.05) is 10.6 Å². The Labute approximate surface area is 172 Å². The minimum atomic E-state index is -0.266. The number of methoxy groups -OCH3 is 1. The van der Waals surface area contributed by atoms with Crippen LogP contribution in [-0.2, 0) is 6.54 Å². The lowest BCUT2D eigenvalue weighted by molar-refractivity contribution is 0.0940. The number of amides is 1. The molecule has 0 fully saturated rings. The summed E-state index contributed by atoms with van der Waals surface area (Å²) in [5.41, 5.74) is 2.63. The number of halogens is 1. The fraction of sp³-hybridized carbons (Fsp3) is 0.0909. The van der Waals surface area contributed by atoms with Crippen LogP contribution >= 0.6 is 11.6 Å². The second-order valence-electron chi connectivity index (χ2n) is 6.30. The van der Waals surface area contributed by atoms with Gasteiger partial charge in [-0.05, 0) is 54.6 Å². The van der Waals surface area contributed by atoms with Crippen LogP contribution in [0.15, 0.2) is 77.4 Å².